The number of pyridine rings is 1. The van der Waals surface area contributed by atoms with Crippen LogP contribution in [0.3, 0.4) is 0 Å². The van der Waals surface area contributed by atoms with E-state index in [4.69, 9.17) is 16.7 Å². The number of anilines is 2. The lowest BCUT2D eigenvalue weighted by Gasteiger charge is -2.16. The standard InChI is InChI=1S/C19H20ClF3N6O2/c1-10(14(31)2-3-19(21,22)23)27-16-7-15(24-4-5-30)28-18(29-16)13-9-26-17-12(13)6-11(20)8-25-17/h6-10,30H,2-5H2,1H3,(H,25,26)(H2,24,27,28,29)/t10-/m0/s1. The number of aliphatic hydroxyl groups excluding tert-OH is 1. The van der Waals surface area contributed by atoms with Crippen molar-refractivity contribution < 1.29 is 23.1 Å². The van der Waals surface area contributed by atoms with E-state index in [1.54, 1.807) is 12.3 Å². The summed E-state index contributed by atoms with van der Waals surface area (Å²) in [7, 11) is 0. The summed E-state index contributed by atoms with van der Waals surface area (Å²) in [6.07, 6.45) is -3.06. The van der Waals surface area contributed by atoms with E-state index in [2.05, 4.69) is 30.6 Å². The number of nitrogens with one attached hydrogen (secondary N) is 3. The Hall–Kier alpha value is -2.92. The van der Waals surface area contributed by atoms with E-state index in [0.717, 1.165) is 0 Å². The third kappa shape index (κ3) is 6.05. The van der Waals surface area contributed by atoms with Crippen LogP contribution in [-0.4, -0.2) is 56.2 Å². The summed E-state index contributed by atoms with van der Waals surface area (Å²) >= 11 is 6.04. The van der Waals surface area contributed by atoms with Gasteiger partial charge in [-0.2, -0.15) is 13.2 Å². The summed E-state index contributed by atoms with van der Waals surface area (Å²) in [6, 6.07) is 2.31. The average Bonchev–Trinajstić information content (AvgIpc) is 3.12. The second-order valence-corrected chi connectivity index (χ2v) is 7.25. The Labute approximate surface area is 180 Å². The lowest BCUT2D eigenvalue weighted by molar-refractivity contribution is -0.143. The van der Waals surface area contributed by atoms with Gasteiger partial charge < -0.3 is 20.7 Å². The molecule has 12 heteroatoms. The first-order chi connectivity index (χ1) is 14.7. The molecule has 0 aliphatic rings. The smallest absolute Gasteiger partial charge is 0.389 e. The number of halogens is 4. The molecule has 3 heterocycles. The number of carbonyl (C=O) groups is 1. The van der Waals surface area contributed by atoms with Crippen molar-refractivity contribution in [3.8, 4) is 11.4 Å². The van der Waals surface area contributed by atoms with Crippen LogP contribution in [-0.2, 0) is 4.79 Å². The fourth-order valence-corrected chi connectivity index (χ4v) is 3.02. The minimum atomic E-state index is -4.40. The van der Waals surface area contributed by atoms with Gasteiger partial charge in [0.2, 0.25) is 0 Å². The molecule has 0 saturated heterocycles. The summed E-state index contributed by atoms with van der Waals surface area (Å²) in [5, 5.41) is 15.9. The van der Waals surface area contributed by atoms with Crippen molar-refractivity contribution in [2.75, 3.05) is 23.8 Å². The number of Topliss-reactive ketones (excluding diaryl/α,β-unsaturated/α-hetero) is 1. The van der Waals surface area contributed by atoms with Crippen LogP contribution >= 0.6 is 11.6 Å². The first-order valence-electron chi connectivity index (χ1n) is 9.39. The Bertz CT molecular complexity index is 1070. The first-order valence-corrected chi connectivity index (χ1v) is 9.77. The van der Waals surface area contributed by atoms with E-state index in [9.17, 15) is 18.0 Å². The monoisotopic (exact) mass is 456 g/mol. The third-order valence-corrected chi connectivity index (χ3v) is 4.59. The molecule has 0 fully saturated rings. The minimum Gasteiger partial charge on any atom is -0.395 e. The maximum Gasteiger partial charge on any atom is 0.389 e. The molecular weight excluding hydrogens is 437 g/mol. The Morgan fingerprint density at radius 3 is 2.74 bits per heavy atom. The lowest BCUT2D eigenvalue weighted by atomic mass is 10.1. The number of aromatic nitrogens is 4. The molecule has 166 valence electrons. The summed E-state index contributed by atoms with van der Waals surface area (Å²) in [4.78, 5) is 28.1. The molecule has 3 aromatic rings. The summed E-state index contributed by atoms with van der Waals surface area (Å²) in [5.74, 6) is 0.282. The van der Waals surface area contributed by atoms with Gasteiger partial charge in [0, 0.05) is 42.4 Å². The van der Waals surface area contributed by atoms with Crippen LogP contribution in [0.5, 0.6) is 0 Å². The van der Waals surface area contributed by atoms with Gasteiger partial charge in [-0.05, 0) is 13.0 Å². The molecule has 0 bridgehead atoms. The quantitative estimate of drug-likeness (QED) is 0.387. The maximum absolute atomic E-state index is 12.4. The number of ketones is 1. The number of hydrogen-bond donors (Lipinski definition) is 4. The second kappa shape index (κ2) is 9.48. The number of alkyl halides is 3. The van der Waals surface area contributed by atoms with Crippen molar-refractivity contribution in [2.45, 2.75) is 32.0 Å². The molecule has 0 aromatic carbocycles. The second-order valence-electron chi connectivity index (χ2n) is 6.81. The van der Waals surface area contributed by atoms with E-state index in [0.29, 0.717) is 27.4 Å². The van der Waals surface area contributed by atoms with Gasteiger partial charge in [-0.3, -0.25) is 4.79 Å². The number of hydrogen-bond acceptors (Lipinski definition) is 7. The zero-order valence-corrected chi connectivity index (χ0v) is 17.2. The number of carbonyl (C=O) groups excluding carboxylic acids is 1. The van der Waals surface area contributed by atoms with E-state index in [-0.39, 0.29) is 24.8 Å². The fourth-order valence-electron chi connectivity index (χ4n) is 2.86. The average molecular weight is 457 g/mol. The van der Waals surface area contributed by atoms with E-state index in [1.807, 2.05) is 0 Å². The number of rotatable bonds is 9. The Kier molecular flexibility index (Phi) is 6.96. The Balaban J connectivity index is 1.90. The van der Waals surface area contributed by atoms with Gasteiger partial charge in [0.05, 0.1) is 24.1 Å². The number of H-pyrrole nitrogens is 1. The van der Waals surface area contributed by atoms with Crippen molar-refractivity contribution in [3.05, 3.63) is 29.5 Å². The molecule has 0 aliphatic carbocycles. The molecular formula is C19H20ClF3N6O2. The fraction of sp³-hybridized carbons (Fsp3) is 0.368. The Morgan fingerprint density at radius 1 is 1.29 bits per heavy atom. The van der Waals surface area contributed by atoms with Crippen molar-refractivity contribution in [3.63, 3.8) is 0 Å². The molecule has 0 saturated carbocycles. The Morgan fingerprint density at radius 2 is 2.03 bits per heavy atom. The van der Waals surface area contributed by atoms with Gasteiger partial charge in [0.1, 0.15) is 17.3 Å². The highest BCUT2D eigenvalue weighted by Gasteiger charge is 2.29. The zero-order chi connectivity index (χ0) is 22.6. The zero-order valence-electron chi connectivity index (χ0n) is 16.4. The van der Waals surface area contributed by atoms with Gasteiger partial charge in [-0.1, -0.05) is 11.6 Å². The van der Waals surface area contributed by atoms with Gasteiger partial charge >= 0.3 is 6.18 Å². The van der Waals surface area contributed by atoms with Crippen LogP contribution in [0.15, 0.2) is 24.5 Å². The predicted molar refractivity (Wildman–Crippen MR) is 111 cm³/mol. The molecule has 0 spiro atoms. The predicted octanol–water partition coefficient (Wildman–Crippen LogP) is 3.79. The number of fused-ring (bicyclic) bond motifs is 1. The largest absolute Gasteiger partial charge is 0.395 e. The van der Waals surface area contributed by atoms with Gasteiger partial charge in [-0.15, -0.1) is 0 Å². The van der Waals surface area contributed by atoms with Crippen molar-refractivity contribution in [1.82, 2.24) is 19.9 Å². The molecule has 0 radical (unpaired) electrons. The molecule has 0 amide bonds. The molecule has 1 atom stereocenters. The van der Waals surface area contributed by atoms with E-state index >= 15 is 0 Å². The highest BCUT2D eigenvalue weighted by Crippen LogP contribution is 2.29. The van der Waals surface area contributed by atoms with Crippen molar-refractivity contribution >= 4 is 40.1 Å². The topological polar surface area (TPSA) is 116 Å². The number of aliphatic hydroxyl groups is 1. The maximum atomic E-state index is 12.4. The number of aromatic amines is 1. The normalized spacial score (nSPS) is 12.7. The van der Waals surface area contributed by atoms with Gasteiger partial charge in [-0.25, -0.2) is 15.0 Å². The molecule has 8 nitrogen and oxygen atoms in total. The SMILES string of the molecule is C[C@H](Nc1cc(NCCO)nc(-c2c[nH]c3ncc(Cl)cc23)n1)C(=O)CCC(F)(F)F. The summed E-state index contributed by atoms with van der Waals surface area (Å²) < 4.78 is 37.2. The minimum absolute atomic E-state index is 0.138. The van der Waals surface area contributed by atoms with Crippen molar-refractivity contribution in [2.24, 2.45) is 0 Å². The molecule has 3 aromatic heterocycles. The van der Waals surface area contributed by atoms with Crippen LogP contribution in [0.25, 0.3) is 22.4 Å². The van der Waals surface area contributed by atoms with Gasteiger partial charge in [0.15, 0.2) is 11.6 Å². The highest BCUT2D eigenvalue weighted by atomic mass is 35.5. The van der Waals surface area contributed by atoms with Crippen LogP contribution in [0.1, 0.15) is 19.8 Å². The van der Waals surface area contributed by atoms with Crippen LogP contribution in [0.4, 0.5) is 24.8 Å². The van der Waals surface area contributed by atoms with Crippen molar-refractivity contribution in [1.29, 1.82) is 0 Å². The summed E-state index contributed by atoms with van der Waals surface area (Å²) in [5.41, 5.74) is 1.17. The molecule has 4 N–H and O–H groups in total. The highest BCUT2D eigenvalue weighted by molar-refractivity contribution is 6.31. The molecule has 31 heavy (non-hydrogen) atoms. The van der Waals surface area contributed by atoms with Crippen LogP contribution in [0.2, 0.25) is 5.02 Å². The summed E-state index contributed by atoms with van der Waals surface area (Å²) in [6.45, 7) is 1.55. The first kappa shape index (κ1) is 22.8. The lowest BCUT2D eigenvalue weighted by Crippen LogP contribution is -2.28. The van der Waals surface area contributed by atoms with Crippen LogP contribution in [0, 0.1) is 0 Å². The molecule has 0 unspecified atom stereocenters. The van der Waals surface area contributed by atoms with E-state index in [1.165, 1.54) is 19.2 Å². The molecule has 3 rings (SSSR count). The van der Waals surface area contributed by atoms with E-state index < -0.39 is 30.8 Å². The van der Waals surface area contributed by atoms with Gasteiger partial charge in [0.25, 0.3) is 0 Å². The third-order valence-electron chi connectivity index (χ3n) is 4.38. The number of nitrogens with zero attached hydrogens (tertiary/aromatic N) is 3. The molecule has 0 aliphatic heterocycles. The van der Waals surface area contributed by atoms with Crippen LogP contribution < -0.4 is 10.6 Å².